The van der Waals surface area contributed by atoms with Gasteiger partial charge in [0.25, 0.3) is 11.7 Å². The van der Waals surface area contributed by atoms with Crippen molar-refractivity contribution in [1.82, 2.24) is 0 Å². The van der Waals surface area contributed by atoms with Gasteiger partial charge in [-0.2, -0.15) is 0 Å². The fraction of sp³-hybridized carbons (Fsp3) is 0.167. The van der Waals surface area contributed by atoms with E-state index in [0.717, 1.165) is 16.0 Å². The molecule has 1 fully saturated rings. The van der Waals surface area contributed by atoms with Crippen molar-refractivity contribution >= 4 is 34.5 Å². The van der Waals surface area contributed by atoms with E-state index in [1.807, 2.05) is 31.4 Å². The van der Waals surface area contributed by atoms with Crippen molar-refractivity contribution in [3.63, 3.8) is 0 Å². The molecule has 1 unspecified atom stereocenters. The number of nitrogens with zero attached hydrogens (tertiary/aromatic N) is 1. The number of carbonyl (C=O) groups is 2. The predicted octanol–water partition coefficient (Wildman–Crippen LogP) is 5.14. The Morgan fingerprint density at radius 2 is 1.90 bits per heavy atom. The topological polar surface area (TPSA) is 66.8 Å². The van der Waals surface area contributed by atoms with Gasteiger partial charge in [-0.05, 0) is 61.2 Å². The third kappa shape index (κ3) is 3.51. The minimum Gasteiger partial charge on any atom is -0.507 e. The van der Waals surface area contributed by atoms with Crippen LogP contribution in [0.2, 0.25) is 0 Å². The molecule has 1 aliphatic rings. The molecule has 3 aromatic rings. The van der Waals surface area contributed by atoms with E-state index >= 15 is 0 Å². The molecule has 7 heteroatoms. The number of hydrogen-bond donors (Lipinski definition) is 1. The molecule has 0 bridgehead atoms. The van der Waals surface area contributed by atoms with Crippen molar-refractivity contribution in [1.29, 1.82) is 0 Å². The average molecular weight is 437 g/mol. The first-order valence-corrected chi connectivity index (χ1v) is 10.5. The molecule has 0 aliphatic carbocycles. The molecule has 2 heterocycles. The smallest absolute Gasteiger partial charge is 0.300 e. The first-order chi connectivity index (χ1) is 14.8. The molecule has 1 amide bonds. The van der Waals surface area contributed by atoms with E-state index in [0.29, 0.717) is 11.3 Å². The number of aliphatic hydroxyl groups excluding tert-OH is 1. The van der Waals surface area contributed by atoms with Gasteiger partial charge in [0.15, 0.2) is 0 Å². The number of halogens is 1. The summed E-state index contributed by atoms with van der Waals surface area (Å²) in [7, 11) is 1.47. The van der Waals surface area contributed by atoms with Crippen LogP contribution in [-0.4, -0.2) is 23.9 Å². The Morgan fingerprint density at radius 1 is 1.13 bits per heavy atom. The number of hydrogen-bond acceptors (Lipinski definition) is 5. The highest BCUT2D eigenvalue weighted by molar-refractivity contribution is 7.10. The van der Waals surface area contributed by atoms with E-state index in [1.54, 1.807) is 18.2 Å². The lowest BCUT2D eigenvalue weighted by Crippen LogP contribution is -2.29. The highest BCUT2D eigenvalue weighted by Gasteiger charge is 2.48. The monoisotopic (exact) mass is 437 g/mol. The zero-order valence-corrected chi connectivity index (χ0v) is 18.0. The average Bonchev–Trinajstić information content (AvgIpc) is 3.28. The number of aryl methyl sites for hydroxylation is 2. The molecule has 2 aromatic carbocycles. The number of benzene rings is 2. The van der Waals surface area contributed by atoms with Gasteiger partial charge in [0.1, 0.15) is 23.4 Å². The van der Waals surface area contributed by atoms with Crippen molar-refractivity contribution in [3.05, 3.63) is 86.9 Å². The maximum Gasteiger partial charge on any atom is 0.300 e. The molecule has 0 saturated carbocycles. The molecule has 158 valence electrons. The van der Waals surface area contributed by atoms with Crippen LogP contribution in [0.5, 0.6) is 5.75 Å². The molecule has 0 radical (unpaired) electrons. The van der Waals surface area contributed by atoms with Crippen molar-refractivity contribution < 1.29 is 23.8 Å². The zero-order valence-electron chi connectivity index (χ0n) is 17.2. The van der Waals surface area contributed by atoms with E-state index in [9.17, 15) is 19.1 Å². The van der Waals surface area contributed by atoms with Gasteiger partial charge >= 0.3 is 0 Å². The first-order valence-electron chi connectivity index (χ1n) is 9.59. The summed E-state index contributed by atoms with van der Waals surface area (Å²) in [5.41, 5.74) is 2.23. The molecule has 5 nitrogen and oxygen atoms in total. The Bertz CT molecular complexity index is 1230. The molecule has 1 saturated heterocycles. The number of thiophene rings is 1. The van der Waals surface area contributed by atoms with Crippen LogP contribution in [0.25, 0.3) is 5.76 Å². The van der Waals surface area contributed by atoms with Crippen LogP contribution >= 0.6 is 11.3 Å². The van der Waals surface area contributed by atoms with Crippen molar-refractivity contribution in [2.24, 2.45) is 0 Å². The largest absolute Gasteiger partial charge is 0.507 e. The normalized spacial score (nSPS) is 17.9. The lowest BCUT2D eigenvalue weighted by Gasteiger charge is -2.25. The standard InChI is InChI=1S/C24H20FNO4S/c1-13-7-8-18(30-3)17(11-13)21(27)19-20(23-14(2)9-10-31-23)26(24(29)22(19)28)16-6-4-5-15(25)12-16/h4-12,20,27H,1-3H3/b21-19-. The molecule has 31 heavy (non-hydrogen) atoms. The third-order valence-corrected chi connectivity index (χ3v) is 6.36. The number of amides is 1. The van der Waals surface area contributed by atoms with Gasteiger partial charge in [0.2, 0.25) is 0 Å². The lowest BCUT2D eigenvalue weighted by atomic mass is 9.97. The number of anilines is 1. The Hall–Kier alpha value is -3.45. The van der Waals surface area contributed by atoms with Gasteiger partial charge < -0.3 is 9.84 Å². The maximum absolute atomic E-state index is 14.0. The number of ketones is 1. The highest BCUT2D eigenvalue weighted by Crippen LogP contribution is 2.45. The second-order valence-corrected chi connectivity index (χ2v) is 8.27. The van der Waals surface area contributed by atoms with Gasteiger partial charge in [-0.1, -0.05) is 17.7 Å². The lowest BCUT2D eigenvalue weighted by molar-refractivity contribution is -0.132. The molecule has 0 spiro atoms. The molecule has 1 aromatic heterocycles. The van der Waals surface area contributed by atoms with Gasteiger partial charge in [-0.15, -0.1) is 11.3 Å². The van der Waals surface area contributed by atoms with E-state index in [-0.39, 0.29) is 17.0 Å². The van der Waals surface area contributed by atoms with Crippen LogP contribution < -0.4 is 9.64 Å². The van der Waals surface area contributed by atoms with E-state index in [2.05, 4.69) is 0 Å². The summed E-state index contributed by atoms with van der Waals surface area (Å²) >= 11 is 1.37. The number of ether oxygens (including phenoxy) is 1. The van der Waals surface area contributed by atoms with Gasteiger partial charge in [0, 0.05) is 10.6 Å². The van der Waals surface area contributed by atoms with Crippen LogP contribution in [0.4, 0.5) is 10.1 Å². The van der Waals surface area contributed by atoms with Gasteiger partial charge in [-0.3, -0.25) is 14.5 Å². The number of aliphatic hydroxyl groups is 1. The highest BCUT2D eigenvalue weighted by atomic mass is 32.1. The Kier molecular flexibility index (Phi) is 5.37. The summed E-state index contributed by atoms with van der Waals surface area (Å²) in [5, 5.41) is 13.1. The minimum absolute atomic E-state index is 0.0521. The maximum atomic E-state index is 14.0. The zero-order chi connectivity index (χ0) is 22.3. The molecular formula is C24H20FNO4S. The number of carbonyl (C=O) groups excluding carboxylic acids is 2. The van der Waals surface area contributed by atoms with Crippen LogP contribution in [0.1, 0.15) is 27.6 Å². The fourth-order valence-corrected chi connectivity index (χ4v) is 4.81. The van der Waals surface area contributed by atoms with E-state index < -0.39 is 23.5 Å². The van der Waals surface area contributed by atoms with Gasteiger partial charge in [-0.25, -0.2) is 4.39 Å². The molecule has 4 rings (SSSR count). The van der Waals surface area contributed by atoms with Crippen molar-refractivity contribution in [3.8, 4) is 5.75 Å². The van der Waals surface area contributed by atoms with E-state index in [1.165, 1.54) is 41.5 Å². The molecule has 1 atom stereocenters. The SMILES string of the molecule is COc1ccc(C)cc1/C(O)=C1/C(=O)C(=O)N(c2cccc(F)c2)C1c1sccc1C. The second kappa shape index (κ2) is 8.00. The van der Waals surface area contributed by atoms with Crippen molar-refractivity contribution in [2.75, 3.05) is 12.0 Å². The summed E-state index contributed by atoms with van der Waals surface area (Å²) < 4.78 is 19.3. The van der Waals surface area contributed by atoms with E-state index in [4.69, 9.17) is 4.74 Å². The molecule has 1 aliphatic heterocycles. The number of rotatable bonds is 4. The summed E-state index contributed by atoms with van der Waals surface area (Å²) in [4.78, 5) is 28.2. The fourth-order valence-electron chi connectivity index (χ4n) is 3.79. The Morgan fingerprint density at radius 3 is 2.55 bits per heavy atom. The quantitative estimate of drug-likeness (QED) is 0.349. The van der Waals surface area contributed by atoms with Crippen LogP contribution in [0, 0.1) is 19.7 Å². The molecule has 1 N–H and O–H groups in total. The van der Waals surface area contributed by atoms with Crippen LogP contribution in [-0.2, 0) is 9.59 Å². The Balaban J connectivity index is 2.00. The molecular weight excluding hydrogens is 417 g/mol. The summed E-state index contributed by atoms with van der Waals surface area (Å²) in [6.07, 6.45) is 0. The predicted molar refractivity (Wildman–Crippen MR) is 118 cm³/mol. The number of Topliss-reactive ketones (excluding diaryl/α,β-unsaturated/α-hetero) is 1. The van der Waals surface area contributed by atoms with Crippen LogP contribution in [0.15, 0.2) is 59.5 Å². The summed E-state index contributed by atoms with van der Waals surface area (Å²) in [6.45, 7) is 3.72. The number of methoxy groups -OCH3 is 1. The third-order valence-electron chi connectivity index (χ3n) is 5.29. The first kappa shape index (κ1) is 20.8. The van der Waals surface area contributed by atoms with Gasteiger partial charge in [0.05, 0.1) is 18.2 Å². The summed E-state index contributed by atoms with van der Waals surface area (Å²) in [6, 6.07) is 11.7. The minimum atomic E-state index is -0.882. The second-order valence-electron chi connectivity index (χ2n) is 7.32. The van der Waals surface area contributed by atoms with Crippen molar-refractivity contribution in [2.45, 2.75) is 19.9 Å². The Labute approximate surface area is 183 Å². The summed E-state index contributed by atoms with van der Waals surface area (Å²) in [5.74, 6) is -2.13. The van der Waals surface area contributed by atoms with Crippen LogP contribution in [0.3, 0.4) is 0 Å².